The number of nitrogens with zero attached hydrogens (tertiary/aromatic N) is 2. The molecule has 1 N–H and O–H groups in total. The van der Waals surface area contributed by atoms with Gasteiger partial charge in [0, 0.05) is 4.90 Å². The second-order valence-electron chi connectivity index (χ2n) is 7.18. The summed E-state index contributed by atoms with van der Waals surface area (Å²) in [6.45, 7) is 3.30. The Hall–Kier alpha value is -3.10. The van der Waals surface area contributed by atoms with Crippen LogP contribution in [0.2, 0.25) is 0 Å². The highest BCUT2D eigenvalue weighted by Gasteiger charge is 2.28. The number of hydrogen-bond donors (Lipinski definition) is 1. The van der Waals surface area contributed by atoms with Crippen LogP contribution in [-0.2, 0) is 14.8 Å². The van der Waals surface area contributed by atoms with Gasteiger partial charge in [-0.05, 0) is 67.1 Å². The first-order valence-corrected chi connectivity index (χ1v) is 12.6. The highest BCUT2D eigenvalue weighted by molar-refractivity contribution is 7.98. The van der Waals surface area contributed by atoms with Crippen molar-refractivity contribution in [1.29, 1.82) is 0 Å². The van der Waals surface area contributed by atoms with Gasteiger partial charge in [-0.3, -0.25) is 9.10 Å². The third-order valence-corrected chi connectivity index (χ3v) is 7.29. The summed E-state index contributed by atoms with van der Waals surface area (Å²) >= 11 is 1.64. The number of thioether (sulfide) groups is 1. The summed E-state index contributed by atoms with van der Waals surface area (Å²) in [6.07, 6.45) is 3.52. The van der Waals surface area contributed by atoms with Gasteiger partial charge in [0.15, 0.2) is 0 Å². The molecule has 32 heavy (non-hydrogen) atoms. The molecule has 3 aromatic carbocycles. The van der Waals surface area contributed by atoms with Gasteiger partial charge in [-0.1, -0.05) is 42.5 Å². The van der Waals surface area contributed by atoms with E-state index in [4.69, 9.17) is 0 Å². The molecule has 1 amide bonds. The van der Waals surface area contributed by atoms with Crippen LogP contribution in [0.3, 0.4) is 0 Å². The first-order valence-electron chi connectivity index (χ1n) is 9.92. The zero-order chi connectivity index (χ0) is 23.1. The van der Waals surface area contributed by atoms with E-state index in [1.54, 1.807) is 36.0 Å². The van der Waals surface area contributed by atoms with Gasteiger partial charge in [0.2, 0.25) is 0 Å². The second-order valence-corrected chi connectivity index (χ2v) is 9.92. The van der Waals surface area contributed by atoms with Gasteiger partial charge < -0.3 is 0 Å². The lowest BCUT2D eigenvalue weighted by Gasteiger charge is -2.25. The van der Waals surface area contributed by atoms with Gasteiger partial charge in [-0.2, -0.15) is 5.10 Å². The van der Waals surface area contributed by atoms with E-state index in [1.807, 2.05) is 56.5 Å². The van der Waals surface area contributed by atoms with E-state index in [2.05, 4.69) is 10.5 Å². The molecule has 0 atom stereocenters. The molecule has 0 fully saturated rings. The Morgan fingerprint density at radius 3 is 2.38 bits per heavy atom. The smallest absolute Gasteiger partial charge is 0.264 e. The van der Waals surface area contributed by atoms with Crippen molar-refractivity contribution in [2.24, 2.45) is 5.10 Å². The van der Waals surface area contributed by atoms with Crippen molar-refractivity contribution in [2.75, 3.05) is 17.1 Å². The van der Waals surface area contributed by atoms with E-state index in [1.165, 1.54) is 18.3 Å². The monoisotopic (exact) mass is 467 g/mol. The number of anilines is 1. The van der Waals surface area contributed by atoms with E-state index < -0.39 is 22.5 Å². The van der Waals surface area contributed by atoms with Crippen molar-refractivity contribution in [3.63, 3.8) is 0 Å². The first-order chi connectivity index (χ1) is 15.3. The van der Waals surface area contributed by atoms with Crippen molar-refractivity contribution in [3.8, 4) is 0 Å². The summed E-state index contributed by atoms with van der Waals surface area (Å²) < 4.78 is 27.9. The lowest BCUT2D eigenvalue weighted by Crippen LogP contribution is -2.40. The van der Waals surface area contributed by atoms with Crippen LogP contribution in [0.25, 0.3) is 0 Å². The zero-order valence-electron chi connectivity index (χ0n) is 18.1. The quantitative estimate of drug-likeness (QED) is 0.303. The molecule has 0 unspecified atom stereocenters. The molecule has 0 aliphatic rings. The predicted molar refractivity (Wildman–Crippen MR) is 131 cm³/mol. The Bertz CT molecular complexity index is 1210. The summed E-state index contributed by atoms with van der Waals surface area (Å²) in [7, 11) is -3.96. The normalized spacial score (nSPS) is 11.5. The number of carbonyl (C=O) groups excluding carboxylic acids is 1. The molecule has 0 aliphatic carbocycles. The molecule has 6 nitrogen and oxygen atoms in total. The molecule has 0 radical (unpaired) electrons. The topological polar surface area (TPSA) is 78.8 Å². The number of hydrazone groups is 1. The molecule has 166 valence electrons. The van der Waals surface area contributed by atoms with Gasteiger partial charge in [0.25, 0.3) is 15.9 Å². The van der Waals surface area contributed by atoms with Crippen LogP contribution >= 0.6 is 11.8 Å². The maximum Gasteiger partial charge on any atom is 0.264 e. The van der Waals surface area contributed by atoms with Crippen LogP contribution in [0.5, 0.6) is 0 Å². The number of sulfonamides is 1. The van der Waals surface area contributed by atoms with Crippen molar-refractivity contribution < 1.29 is 13.2 Å². The number of hydrogen-bond acceptors (Lipinski definition) is 5. The van der Waals surface area contributed by atoms with Gasteiger partial charge >= 0.3 is 0 Å². The van der Waals surface area contributed by atoms with Gasteiger partial charge in [-0.15, -0.1) is 11.8 Å². The molecule has 0 saturated carbocycles. The highest BCUT2D eigenvalue weighted by atomic mass is 32.2. The summed E-state index contributed by atoms with van der Waals surface area (Å²) in [6, 6.07) is 21.3. The largest absolute Gasteiger partial charge is 0.271 e. The maximum absolute atomic E-state index is 13.4. The summed E-state index contributed by atoms with van der Waals surface area (Å²) in [4.78, 5) is 13.9. The van der Waals surface area contributed by atoms with Crippen LogP contribution in [0.4, 0.5) is 5.69 Å². The Kier molecular flexibility index (Phi) is 7.71. The fourth-order valence-corrected chi connectivity index (χ4v) is 4.95. The minimum atomic E-state index is -3.96. The second kappa shape index (κ2) is 10.5. The summed E-state index contributed by atoms with van der Waals surface area (Å²) in [5.41, 5.74) is 5.37. The molecule has 0 heterocycles. The Labute approximate surface area is 193 Å². The number of benzene rings is 3. The van der Waals surface area contributed by atoms with Crippen LogP contribution in [0.1, 0.15) is 16.7 Å². The molecular weight excluding hydrogens is 442 g/mol. The SMILES string of the molecule is CSc1ccc(C=NNC(=O)CN(c2cc(C)ccc2C)S(=O)(=O)c2ccccc2)cc1. The standard InChI is InChI=1S/C24H25N3O3S2/c1-18-9-10-19(2)23(15-18)27(32(29,30)22-7-5-4-6-8-22)17-24(28)26-25-16-20-11-13-21(31-3)14-12-20/h4-16H,17H2,1-3H3,(H,26,28). The number of nitrogens with one attached hydrogen (secondary N) is 1. The highest BCUT2D eigenvalue weighted by Crippen LogP contribution is 2.27. The summed E-state index contributed by atoms with van der Waals surface area (Å²) in [5.74, 6) is -0.539. The van der Waals surface area contributed by atoms with E-state index in [0.717, 1.165) is 25.9 Å². The van der Waals surface area contributed by atoms with Crippen LogP contribution < -0.4 is 9.73 Å². The third kappa shape index (κ3) is 5.77. The molecule has 0 spiro atoms. The molecule has 3 rings (SSSR count). The molecule has 0 aliphatic heterocycles. The molecule has 8 heteroatoms. The molecule has 0 bridgehead atoms. The van der Waals surface area contributed by atoms with Crippen molar-refractivity contribution >= 4 is 39.6 Å². The van der Waals surface area contributed by atoms with Crippen LogP contribution in [-0.4, -0.2) is 33.3 Å². The zero-order valence-corrected chi connectivity index (χ0v) is 19.8. The fraction of sp³-hybridized carbons (Fsp3) is 0.167. The predicted octanol–water partition coefficient (Wildman–Crippen LogP) is 4.37. The minimum absolute atomic E-state index is 0.117. The first kappa shape index (κ1) is 23.6. The lowest BCUT2D eigenvalue weighted by atomic mass is 10.1. The van der Waals surface area contributed by atoms with Gasteiger partial charge in [0.05, 0.1) is 16.8 Å². The summed E-state index contributed by atoms with van der Waals surface area (Å²) in [5, 5.41) is 3.99. The van der Waals surface area contributed by atoms with Crippen molar-refractivity contribution in [3.05, 3.63) is 89.5 Å². The maximum atomic E-state index is 13.4. The third-order valence-electron chi connectivity index (χ3n) is 4.77. The van der Waals surface area contributed by atoms with E-state index >= 15 is 0 Å². The number of rotatable bonds is 8. The minimum Gasteiger partial charge on any atom is -0.271 e. The molecular formula is C24H25N3O3S2. The number of carbonyl (C=O) groups is 1. The Morgan fingerprint density at radius 2 is 1.72 bits per heavy atom. The number of amides is 1. The average molecular weight is 468 g/mol. The lowest BCUT2D eigenvalue weighted by molar-refractivity contribution is -0.119. The van der Waals surface area contributed by atoms with Gasteiger partial charge in [-0.25, -0.2) is 13.8 Å². The molecule has 3 aromatic rings. The fourth-order valence-electron chi connectivity index (χ4n) is 3.04. The average Bonchev–Trinajstić information content (AvgIpc) is 2.80. The van der Waals surface area contributed by atoms with Crippen molar-refractivity contribution in [2.45, 2.75) is 23.6 Å². The molecule has 0 aromatic heterocycles. The Morgan fingerprint density at radius 1 is 1.03 bits per heavy atom. The van der Waals surface area contributed by atoms with Crippen molar-refractivity contribution in [1.82, 2.24) is 5.43 Å². The van der Waals surface area contributed by atoms with Gasteiger partial charge in [0.1, 0.15) is 6.54 Å². The van der Waals surface area contributed by atoms with E-state index in [-0.39, 0.29) is 4.90 Å². The Balaban J connectivity index is 1.84. The molecule has 0 saturated heterocycles. The van der Waals surface area contributed by atoms with Crippen LogP contribution in [0.15, 0.2) is 87.7 Å². The number of aryl methyl sites for hydroxylation is 2. The van der Waals surface area contributed by atoms with Crippen LogP contribution in [0, 0.1) is 13.8 Å². The van der Waals surface area contributed by atoms with E-state index in [9.17, 15) is 13.2 Å². The van der Waals surface area contributed by atoms with E-state index in [0.29, 0.717) is 5.69 Å².